The average Bonchev–Trinajstić information content (AvgIpc) is 2.48. The van der Waals surface area contributed by atoms with Gasteiger partial charge in [-0.3, -0.25) is 0 Å². The molecular weight excluding hydrogens is 300 g/mol. The number of hydrogen-bond donors (Lipinski definition) is 6. The lowest BCUT2D eigenvalue weighted by Gasteiger charge is -2.01. The topological polar surface area (TPSA) is 157 Å². The van der Waals surface area contributed by atoms with Crippen molar-refractivity contribution in [2.75, 3.05) is 39.6 Å². The Morgan fingerprint density at radius 1 is 0.864 bits per heavy atom. The van der Waals surface area contributed by atoms with Gasteiger partial charge in [0.2, 0.25) is 0 Å². The minimum Gasteiger partial charge on any atom is -0.504 e. The van der Waals surface area contributed by atoms with Gasteiger partial charge in [-0.05, 0) is 12.1 Å². The van der Waals surface area contributed by atoms with Gasteiger partial charge >= 0.3 is 5.97 Å². The zero-order valence-electron chi connectivity index (χ0n) is 11.8. The smallest absolute Gasteiger partial charge is 0.335 e. The van der Waals surface area contributed by atoms with Crippen LogP contribution in [0.1, 0.15) is 10.4 Å². The molecule has 0 spiro atoms. The van der Waals surface area contributed by atoms with Crippen LogP contribution in [0.2, 0.25) is 0 Å². The van der Waals surface area contributed by atoms with Crippen molar-refractivity contribution in [1.82, 2.24) is 0 Å². The van der Waals surface area contributed by atoms with E-state index in [0.717, 1.165) is 12.1 Å². The lowest BCUT2D eigenvalue weighted by atomic mass is 10.2. The molecule has 9 nitrogen and oxygen atoms in total. The van der Waals surface area contributed by atoms with Crippen LogP contribution in [0.4, 0.5) is 0 Å². The van der Waals surface area contributed by atoms with Gasteiger partial charge < -0.3 is 40.1 Å². The van der Waals surface area contributed by atoms with Crippen LogP contribution in [0.5, 0.6) is 17.2 Å². The molecule has 0 unspecified atom stereocenters. The third-order valence-electron chi connectivity index (χ3n) is 2.16. The molecule has 0 saturated carbocycles. The number of aliphatic hydroxyl groups excluding tert-OH is 2. The van der Waals surface area contributed by atoms with Gasteiger partial charge in [-0.15, -0.1) is 0 Å². The SMILES string of the molecule is O=C(O)c1cc(O)c(O)c(O)c1.OCCOCCOCCO. The Balaban J connectivity index is 0.000000409. The van der Waals surface area contributed by atoms with Crippen LogP contribution in [0.15, 0.2) is 12.1 Å². The molecular formula is C13H20O9. The normalized spacial score (nSPS) is 9.91. The van der Waals surface area contributed by atoms with Crippen molar-refractivity contribution in [3.63, 3.8) is 0 Å². The van der Waals surface area contributed by atoms with E-state index in [1.807, 2.05) is 0 Å². The maximum absolute atomic E-state index is 10.3. The van der Waals surface area contributed by atoms with Gasteiger partial charge in [-0.1, -0.05) is 0 Å². The van der Waals surface area contributed by atoms with E-state index in [1.54, 1.807) is 0 Å². The molecule has 0 aromatic heterocycles. The number of ether oxygens (including phenoxy) is 2. The third kappa shape index (κ3) is 8.27. The molecule has 0 fully saturated rings. The zero-order chi connectivity index (χ0) is 17.0. The Morgan fingerprint density at radius 3 is 1.59 bits per heavy atom. The van der Waals surface area contributed by atoms with Crippen molar-refractivity contribution < 1.29 is 44.9 Å². The van der Waals surface area contributed by atoms with E-state index in [1.165, 1.54) is 0 Å². The first kappa shape index (κ1) is 19.9. The van der Waals surface area contributed by atoms with E-state index in [9.17, 15) is 4.79 Å². The summed E-state index contributed by atoms with van der Waals surface area (Å²) in [5.41, 5.74) is -0.289. The van der Waals surface area contributed by atoms with Gasteiger partial charge in [0.05, 0.1) is 45.2 Å². The van der Waals surface area contributed by atoms with Crippen LogP contribution in [0.25, 0.3) is 0 Å². The number of aromatic carboxylic acids is 1. The Hall–Kier alpha value is -2.07. The molecule has 6 N–H and O–H groups in total. The number of aliphatic hydroxyl groups is 2. The second-order valence-corrected chi connectivity index (χ2v) is 3.84. The molecule has 0 heterocycles. The molecule has 22 heavy (non-hydrogen) atoms. The van der Waals surface area contributed by atoms with E-state index < -0.39 is 23.2 Å². The Kier molecular flexibility index (Phi) is 10.5. The fourth-order valence-electron chi connectivity index (χ4n) is 1.18. The lowest BCUT2D eigenvalue weighted by molar-refractivity contribution is 0.0222. The first-order valence-corrected chi connectivity index (χ1v) is 6.29. The monoisotopic (exact) mass is 320 g/mol. The molecule has 0 saturated heterocycles. The lowest BCUT2D eigenvalue weighted by Crippen LogP contribution is -2.09. The van der Waals surface area contributed by atoms with Gasteiger partial charge in [-0.2, -0.15) is 0 Å². The highest BCUT2D eigenvalue weighted by Crippen LogP contribution is 2.35. The zero-order valence-corrected chi connectivity index (χ0v) is 11.8. The van der Waals surface area contributed by atoms with Crippen LogP contribution in [0.3, 0.4) is 0 Å². The molecule has 0 atom stereocenters. The van der Waals surface area contributed by atoms with E-state index in [0.29, 0.717) is 26.4 Å². The van der Waals surface area contributed by atoms with Gasteiger partial charge in [0.25, 0.3) is 0 Å². The van der Waals surface area contributed by atoms with E-state index >= 15 is 0 Å². The quantitative estimate of drug-likeness (QED) is 0.274. The van der Waals surface area contributed by atoms with Crippen LogP contribution < -0.4 is 0 Å². The van der Waals surface area contributed by atoms with E-state index in [4.69, 9.17) is 40.1 Å². The molecule has 0 bridgehead atoms. The van der Waals surface area contributed by atoms with Crippen LogP contribution >= 0.6 is 0 Å². The number of benzene rings is 1. The Morgan fingerprint density at radius 2 is 1.27 bits per heavy atom. The highest BCUT2D eigenvalue weighted by atomic mass is 16.5. The number of carboxylic acid groups (broad SMARTS) is 1. The summed E-state index contributed by atoms with van der Waals surface area (Å²) in [6, 6.07) is 1.69. The summed E-state index contributed by atoms with van der Waals surface area (Å²) in [6.07, 6.45) is 0. The van der Waals surface area contributed by atoms with Crippen LogP contribution in [-0.4, -0.2) is 76.2 Å². The Labute approximate surface area is 126 Å². The fourth-order valence-corrected chi connectivity index (χ4v) is 1.18. The standard InChI is InChI=1S/C7H6O5.C6H14O4/c8-4-1-3(7(11)12)2-5(9)6(4)10;7-1-3-9-5-6-10-4-2-8/h1-2,8-10H,(H,11,12);7-8H,1-6H2. The molecule has 0 aliphatic heterocycles. The first-order valence-electron chi connectivity index (χ1n) is 6.29. The summed E-state index contributed by atoms with van der Waals surface area (Å²) in [6.45, 7) is 1.73. The predicted octanol–water partition coefficient (Wildman–Crippen LogP) is -0.494. The largest absolute Gasteiger partial charge is 0.504 e. The van der Waals surface area contributed by atoms with Gasteiger partial charge in [0, 0.05) is 0 Å². The van der Waals surface area contributed by atoms with Crippen LogP contribution in [0, 0.1) is 0 Å². The molecule has 0 radical (unpaired) electrons. The minimum absolute atomic E-state index is 0.0417. The van der Waals surface area contributed by atoms with Gasteiger partial charge in [-0.25, -0.2) is 4.79 Å². The van der Waals surface area contributed by atoms with Crippen molar-refractivity contribution >= 4 is 5.97 Å². The number of phenols is 3. The predicted molar refractivity (Wildman–Crippen MR) is 74.2 cm³/mol. The van der Waals surface area contributed by atoms with Crippen molar-refractivity contribution in [2.24, 2.45) is 0 Å². The highest BCUT2D eigenvalue weighted by Gasteiger charge is 2.11. The highest BCUT2D eigenvalue weighted by molar-refractivity contribution is 5.89. The molecule has 1 aromatic carbocycles. The number of carboxylic acids is 1. The van der Waals surface area contributed by atoms with Gasteiger partial charge in [0.1, 0.15) is 0 Å². The molecule has 0 aliphatic carbocycles. The minimum atomic E-state index is -1.29. The number of phenolic OH excluding ortho intramolecular Hbond substituents is 3. The summed E-state index contributed by atoms with van der Waals surface area (Å²) in [5.74, 6) is -3.33. The summed E-state index contributed by atoms with van der Waals surface area (Å²) >= 11 is 0. The van der Waals surface area contributed by atoms with Crippen molar-refractivity contribution in [1.29, 1.82) is 0 Å². The van der Waals surface area contributed by atoms with Crippen molar-refractivity contribution in [3.05, 3.63) is 17.7 Å². The molecule has 126 valence electrons. The fraction of sp³-hybridized carbons (Fsp3) is 0.462. The molecule has 0 amide bonds. The third-order valence-corrected chi connectivity index (χ3v) is 2.16. The number of aromatic hydroxyl groups is 3. The summed E-state index contributed by atoms with van der Waals surface area (Å²) in [4.78, 5) is 10.3. The summed E-state index contributed by atoms with van der Waals surface area (Å²) in [5, 5.41) is 51.5. The number of rotatable bonds is 8. The van der Waals surface area contributed by atoms with Crippen molar-refractivity contribution in [2.45, 2.75) is 0 Å². The second-order valence-electron chi connectivity index (χ2n) is 3.84. The molecule has 1 aromatic rings. The first-order chi connectivity index (χ1) is 10.4. The number of carbonyl (C=O) groups is 1. The summed E-state index contributed by atoms with van der Waals surface area (Å²) < 4.78 is 9.75. The molecule has 1 rings (SSSR count). The van der Waals surface area contributed by atoms with Crippen molar-refractivity contribution in [3.8, 4) is 17.2 Å². The second kappa shape index (κ2) is 11.6. The number of hydrogen-bond acceptors (Lipinski definition) is 8. The van der Waals surface area contributed by atoms with E-state index in [2.05, 4.69) is 0 Å². The Bertz CT molecular complexity index is 416. The molecule has 9 heteroatoms. The average molecular weight is 320 g/mol. The van der Waals surface area contributed by atoms with E-state index in [-0.39, 0.29) is 18.8 Å². The molecule has 0 aliphatic rings. The summed E-state index contributed by atoms with van der Waals surface area (Å²) in [7, 11) is 0. The van der Waals surface area contributed by atoms with Gasteiger partial charge in [0.15, 0.2) is 17.2 Å². The van der Waals surface area contributed by atoms with Crippen LogP contribution in [-0.2, 0) is 9.47 Å². The maximum Gasteiger partial charge on any atom is 0.335 e. The maximum atomic E-state index is 10.3.